The summed E-state index contributed by atoms with van der Waals surface area (Å²) in [6.07, 6.45) is 2.14. The molecule has 6 heteroatoms. The van der Waals surface area contributed by atoms with Crippen molar-refractivity contribution in [3.8, 4) is 0 Å². The van der Waals surface area contributed by atoms with E-state index < -0.39 is 0 Å². The molecule has 1 aromatic heterocycles. The van der Waals surface area contributed by atoms with Crippen LogP contribution in [0.1, 0.15) is 40.9 Å². The Hall–Kier alpha value is -1.69. The number of carbonyl (C=O) groups excluding carboxylic acids is 2. The number of benzene rings is 1. The van der Waals surface area contributed by atoms with Gasteiger partial charge in [-0.15, -0.1) is 11.3 Å². The molecule has 26 heavy (non-hydrogen) atoms. The number of hydrogen-bond acceptors (Lipinski definition) is 4. The van der Waals surface area contributed by atoms with Gasteiger partial charge in [-0.2, -0.15) is 0 Å². The molecular weight excluding hydrogens is 370 g/mol. The third-order valence-electron chi connectivity index (χ3n) is 4.59. The van der Waals surface area contributed by atoms with Crippen molar-refractivity contribution in [3.63, 3.8) is 0 Å². The number of nitrogens with zero attached hydrogens (tertiary/aromatic N) is 1. The van der Waals surface area contributed by atoms with Crippen LogP contribution in [0.5, 0.6) is 0 Å². The highest BCUT2D eigenvalue weighted by Gasteiger charge is 2.26. The van der Waals surface area contributed by atoms with Crippen LogP contribution in [0.25, 0.3) is 0 Å². The van der Waals surface area contributed by atoms with E-state index in [1.165, 1.54) is 0 Å². The van der Waals surface area contributed by atoms with E-state index in [-0.39, 0.29) is 30.6 Å². The monoisotopic (exact) mass is 391 g/mol. The van der Waals surface area contributed by atoms with Crippen LogP contribution < -0.4 is 0 Å². The van der Waals surface area contributed by atoms with Crippen molar-refractivity contribution in [2.75, 3.05) is 13.2 Å². The first kappa shape index (κ1) is 19.1. The van der Waals surface area contributed by atoms with Crippen LogP contribution >= 0.6 is 22.9 Å². The van der Waals surface area contributed by atoms with Gasteiger partial charge in [-0.3, -0.25) is 9.59 Å². The second-order valence-corrected chi connectivity index (χ2v) is 7.84. The highest BCUT2D eigenvalue weighted by atomic mass is 35.5. The molecular formula is C20H22ClNO3S. The van der Waals surface area contributed by atoms with Gasteiger partial charge in [-0.25, -0.2) is 0 Å². The van der Waals surface area contributed by atoms with Crippen molar-refractivity contribution in [2.45, 2.75) is 38.3 Å². The van der Waals surface area contributed by atoms with Gasteiger partial charge in [0.1, 0.15) is 0 Å². The molecule has 0 atom stereocenters. The van der Waals surface area contributed by atoms with Crippen molar-refractivity contribution < 1.29 is 14.3 Å². The lowest BCUT2D eigenvalue weighted by Crippen LogP contribution is -2.42. The summed E-state index contributed by atoms with van der Waals surface area (Å²) in [7, 11) is 0. The summed E-state index contributed by atoms with van der Waals surface area (Å²) >= 11 is 7.51. The number of ketones is 1. The second kappa shape index (κ2) is 9.31. The Bertz CT molecular complexity index is 724. The fourth-order valence-electron chi connectivity index (χ4n) is 3.13. The summed E-state index contributed by atoms with van der Waals surface area (Å²) in [5.74, 6) is 0.00526. The maximum atomic E-state index is 12.9. The standard InChI is InChI=1S/C20H22ClNO3S/c21-16-5-3-15(4-6-16)19(23)7-8-20(24)22(14-18-2-1-13-26-18)17-9-11-25-12-10-17/h1-6,13,17H,7-12,14H2. The summed E-state index contributed by atoms with van der Waals surface area (Å²) in [6, 6.07) is 11.0. The molecule has 1 saturated heterocycles. The molecule has 138 valence electrons. The minimum Gasteiger partial charge on any atom is -0.381 e. The number of amides is 1. The van der Waals surface area contributed by atoms with Crippen molar-refractivity contribution in [1.29, 1.82) is 0 Å². The first-order valence-electron chi connectivity index (χ1n) is 8.82. The molecule has 2 heterocycles. The van der Waals surface area contributed by atoms with Crippen LogP contribution in [0.4, 0.5) is 0 Å². The van der Waals surface area contributed by atoms with Gasteiger partial charge in [0, 0.05) is 47.6 Å². The maximum Gasteiger partial charge on any atom is 0.223 e. The van der Waals surface area contributed by atoms with Crippen LogP contribution in [-0.4, -0.2) is 35.8 Å². The third-order valence-corrected chi connectivity index (χ3v) is 5.70. The van der Waals surface area contributed by atoms with E-state index in [4.69, 9.17) is 16.3 Å². The zero-order valence-electron chi connectivity index (χ0n) is 14.5. The fraction of sp³-hybridized carbons (Fsp3) is 0.400. The van der Waals surface area contributed by atoms with Gasteiger partial charge in [0.2, 0.25) is 5.91 Å². The third kappa shape index (κ3) is 5.16. The molecule has 0 saturated carbocycles. The highest BCUT2D eigenvalue weighted by molar-refractivity contribution is 7.09. The van der Waals surface area contributed by atoms with Gasteiger partial charge in [0.25, 0.3) is 0 Å². The molecule has 1 amide bonds. The van der Waals surface area contributed by atoms with Crippen LogP contribution in [0.2, 0.25) is 5.02 Å². The summed E-state index contributed by atoms with van der Waals surface area (Å²) in [6.45, 7) is 1.97. The van der Waals surface area contributed by atoms with Gasteiger partial charge in [-0.05, 0) is 48.6 Å². The highest BCUT2D eigenvalue weighted by Crippen LogP contribution is 2.21. The van der Waals surface area contributed by atoms with E-state index in [9.17, 15) is 9.59 Å². The number of thiophene rings is 1. The van der Waals surface area contributed by atoms with Crippen molar-refractivity contribution >= 4 is 34.6 Å². The Morgan fingerprint density at radius 2 is 1.85 bits per heavy atom. The van der Waals surface area contributed by atoms with Crippen molar-refractivity contribution in [1.82, 2.24) is 4.90 Å². The van der Waals surface area contributed by atoms with Gasteiger partial charge >= 0.3 is 0 Å². The molecule has 0 aliphatic carbocycles. The lowest BCUT2D eigenvalue weighted by molar-refractivity contribution is -0.136. The SMILES string of the molecule is O=C(CCC(=O)N(Cc1cccs1)C1CCOCC1)c1ccc(Cl)cc1. The predicted molar refractivity (Wildman–Crippen MR) is 104 cm³/mol. The molecule has 0 unspecified atom stereocenters. The number of rotatable bonds is 7. The Morgan fingerprint density at radius 1 is 1.12 bits per heavy atom. The van der Waals surface area contributed by atoms with Crippen LogP contribution in [-0.2, 0) is 16.1 Å². The van der Waals surface area contributed by atoms with Gasteiger partial charge in [-0.1, -0.05) is 17.7 Å². The smallest absolute Gasteiger partial charge is 0.223 e. The fourth-order valence-corrected chi connectivity index (χ4v) is 3.96. The summed E-state index contributed by atoms with van der Waals surface area (Å²) in [5, 5.41) is 2.62. The predicted octanol–water partition coefficient (Wildman–Crippen LogP) is 4.57. The topological polar surface area (TPSA) is 46.6 Å². The Balaban J connectivity index is 1.62. The van der Waals surface area contributed by atoms with Crippen molar-refractivity contribution in [3.05, 3.63) is 57.2 Å². The molecule has 0 bridgehead atoms. The van der Waals surface area contributed by atoms with E-state index >= 15 is 0 Å². The molecule has 2 aromatic rings. The zero-order chi connectivity index (χ0) is 18.4. The quantitative estimate of drug-likeness (QED) is 0.649. The number of halogens is 1. The molecule has 4 nitrogen and oxygen atoms in total. The molecule has 3 rings (SSSR count). The lowest BCUT2D eigenvalue weighted by atomic mass is 10.0. The van der Waals surface area contributed by atoms with Crippen molar-refractivity contribution in [2.24, 2.45) is 0 Å². The van der Waals surface area contributed by atoms with Gasteiger partial charge < -0.3 is 9.64 Å². The minimum atomic E-state index is -0.0296. The van der Waals surface area contributed by atoms with Crippen LogP contribution in [0.15, 0.2) is 41.8 Å². The number of hydrogen-bond donors (Lipinski definition) is 0. The summed E-state index contributed by atoms with van der Waals surface area (Å²) in [5.41, 5.74) is 0.595. The first-order valence-corrected chi connectivity index (χ1v) is 10.1. The molecule has 0 N–H and O–H groups in total. The van der Waals surface area contributed by atoms with E-state index in [1.807, 2.05) is 22.4 Å². The van der Waals surface area contributed by atoms with Crippen LogP contribution in [0.3, 0.4) is 0 Å². The van der Waals surface area contributed by atoms with Crippen LogP contribution in [0, 0.1) is 0 Å². The second-order valence-electron chi connectivity index (χ2n) is 6.37. The number of ether oxygens (including phenoxy) is 1. The van der Waals surface area contributed by atoms with Gasteiger partial charge in [0.15, 0.2) is 5.78 Å². The molecule has 1 aromatic carbocycles. The van der Waals surface area contributed by atoms with E-state index in [0.29, 0.717) is 30.3 Å². The molecule has 0 spiro atoms. The van der Waals surface area contributed by atoms with E-state index in [1.54, 1.807) is 35.6 Å². The Labute approximate surface area is 162 Å². The lowest BCUT2D eigenvalue weighted by Gasteiger charge is -2.34. The summed E-state index contributed by atoms with van der Waals surface area (Å²) in [4.78, 5) is 28.3. The minimum absolute atomic E-state index is 0.0296. The van der Waals surface area contributed by atoms with Gasteiger partial charge in [0.05, 0.1) is 6.54 Å². The molecule has 1 fully saturated rings. The first-order chi connectivity index (χ1) is 12.6. The van der Waals surface area contributed by atoms with E-state index in [0.717, 1.165) is 17.7 Å². The average Bonchev–Trinajstić information content (AvgIpc) is 3.18. The maximum absolute atomic E-state index is 12.9. The zero-order valence-corrected chi connectivity index (χ0v) is 16.1. The Morgan fingerprint density at radius 3 is 2.50 bits per heavy atom. The molecule has 0 radical (unpaired) electrons. The Kier molecular flexibility index (Phi) is 6.83. The number of Topliss-reactive ketones (excluding diaryl/α,β-unsaturated/α-hetero) is 1. The van der Waals surface area contributed by atoms with E-state index in [2.05, 4.69) is 0 Å². The molecule has 1 aliphatic rings. The summed E-state index contributed by atoms with van der Waals surface area (Å²) < 4.78 is 5.43. The average molecular weight is 392 g/mol. The normalized spacial score (nSPS) is 15.0. The largest absolute Gasteiger partial charge is 0.381 e. The number of carbonyl (C=O) groups is 2. The molecule has 1 aliphatic heterocycles.